The smallest absolute Gasteiger partial charge is 0.338 e. The third-order valence-corrected chi connectivity index (χ3v) is 8.66. The van der Waals surface area contributed by atoms with Crippen molar-refractivity contribution in [2.24, 2.45) is 0 Å². The minimum absolute atomic E-state index is 0.0740. The molecule has 4 atom stereocenters. The molecule has 5 aromatic rings. The SMILES string of the molecule is CO[C@@H](Sc1ccccc1)[C@@H](OCc1ccccc1)[C@H](OCc1ccccc1)[C@@H](COCc1ccccc1)OC(=O)c1ccccc1. The number of carbonyl (C=O) groups excluding carboxylic acids is 1. The lowest BCUT2D eigenvalue weighted by Gasteiger charge is -2.36. The standard InChI is InChI=1S/C40H40O6S/c1-42-40(47-35-25-15-6-16-26-35)38(45-29-33-21-11-4-12-22-33)37(44-28-32-19-9-3-10-20-32)36(30-43-27-31-17-7-2-8-18-31)46-39(41)34-23-13-5-14-24-34/h2-26,36-38,40H,27-30H2,1H3/t36-,37-,38+,40+/m1/s1. The van der Waals surface area contributed by atoms with Crippen LogP contribution >= 0.6 is 11.8 Å². The van der Waals surface area contributed by atoms with E-state index in [0.717, 1.165) is 21.6 Å². The molecule has 0 saturated heterocycles. The minimum atomic E-state index is -0.843. The van der Waals surface area contributed by atoms with Crippen molar-refractivity contribution >= 4 is 17.7 Å². The van der Waals surface area contributed by atoms with E-state index in [4.69, 9.17) is 23.7 Å². The van der Waals surface area contributed by atoms with Gasteiger partial charge in [-0.2, -0.15) is 0 Å². The second-order valence-electron chi connectivity index (χ2n) is 10.9. The zero-order valence-corrected chi connectivity index (χ0v) is 27.2. The van der Waals surface area contributed by atoms with Gasteiger partial charge in [0.2, 0.25) is 0 Å². The summed E-state index contributed by atoms with van der Waals surface area (Å²) in [5, 5.41) is 0. The van der Waals surface area contributed by atoms with Crippen molar-refractivity contribution in [1.82, 2.24) is 0 Å². The van der Waals surface area contributed by atoms with Crippen molar-refractivity contribution in [3.8, 4) is 0 Å². The molecule has 242 valence electrons. The van der Waals surface area contributed by atoms with Crippen molar-refractivity contribution in [3.63, 3.8) is 0 Å². The molecule has 0 N–H and O–H groups in total. The maximum Gasteiger partial charge on any atom is 0.338 e. The minimum Gasteiger partial charge on any atom is -0.453 e. The van der Waals surface area contributed by atoms with Crippen LogP contribution in [0.2, 0.25) is 0 Å². The first-order valence-corrected chi connectivity index (χ1v) is 16.5. The van der Waals surface area contributed by atoms with E-state index < -0.39 is 29.7 Å². The van der Waals surface area contributed by atoms with Gasteiger partial charge in [0.25, 0.3) is 0 Å². The average molecular weight is 649 g/mol. The Morgan fingerprint density at radius 2 is 1.02 bits per heavy atom. The fourth-order valence-electron chi connectivity index (χ4n) is 5.00. The Bertz CT molecular complexity index is 1570. The number of hydrogen-bond acceptors (Lipinski definition) is 7. The summed E-state index contributed by atoms with van der Waals surface area (Å²) < 4.78 is 32.1. The molecule has 0 aliphatic rings. The average Bonchev–Trinajstić information content (AvgIpc) is 3.14. The normalized spacial score (nSPS) is 13.7. The van der Waals surface area contributed by atoms with E-state index in [0.29, 0.717) is 18.8 Å². The van der Waals surface area contributed by atoms with Gasteiger partial charge in [-0.25, -0.2) is 4.79 Å². The second kappa shape index (κ2) is 18.8. The molecule has 5 aromatic carbocycles. The van der Waals surface area contributed by atoms with Crippen molar-refractivity contribution in [1.29, 1.82) is 0 Å². The molecule has 0 spiro atoms. The lowest BCUT2D eigenvalue weighted by molar-refractivity contribution is -0.167. The predicted octanol–water partition coefficient (Wildman–Crippen LogP) is 8.36. The molecule has 0 saturated carbocycles. The number of carbonyl (C=O) groups is 1. The van der Waals surface area contributed by atoms with Gasteiger partial charge in [0, 0.05) is 12.0 Å². The first-order chi connectivity index (χ1) is 23.2. The summed E-state index contributed by atoms with van der Waals surface area (Å²) in [5.41, 5.74) is 2.90. The molecule has 0 unspecified atom stereocenters. The van der Waals surface area contributed by atoms with Gasteiger partial charge in [0.15, 0.2) is 6.10 Å². The number of thioether (sulfide) groups is 1. The van der Waals surface area contributed by atoms with E-state index in [-0.39, 0.29) is 13.2 Å². The molecule has 0 aliphatic carbocycles. The Morgan fingerprint density at radius 3 is 1.53 bits per heavy atom. The van der Waals surface area contributed by atoms with E-state index in [1.54, 1.807) is 19.2 Å². The summed E-state index contributed by atoms with van der Waals surface area (Å²) in [6.45, 7) is 0.982. The Balaban J connectivity index is 1.50. The van der Waals surface area contributed by atoms with E-state index >= 15 is 0 Å². The zero-order valence-electron chi connectivity index (χ0n) is 26.4. The molecule has 7 heteroatoms. The maximum absolute atomic E-state index is 13.6. The van der Waals surface area contributed by atoms with Crippen LogP contribution in [0, 0.1) is 0 Å². The third-order valence-electron chi connectivity index (χ3n) is 7.42. The number of benzene rings is 5. The molecule has 0 heterocycles. The van der Waals surface area contributed by atoms with Crippen LogP contribution in [0.25, 0.3) is 0 Å². The van der Waals surface area contributed by atoms with Crippen LogP contribution in [0.5, 0.6) is 0 Å². The highest BCUT2D eigenvalue weighted by atomic mass is 32.2. The van der Waals surface area contributed by atoms with Gasteiger partial charge in [-0.1, -0.05) is 139 Å². The van der Waals surface area contributed by atoms with Crippen LogP contribution in [0.3, 0.4) is 0 Å². The van der Waals surface area contributed by atoms with Gasteiger partial charge in [-0.05, 0) is 41.0 Å². The van der Waals surface area contributed by atoms with Crippen molar-refractivity contribution < 1.29 is 28.5 Å². The lowest BCUT2D eigenvalue weighted by Crippen LogP contribution is -2.50. The van der Waals surface area contributed by atoms with E-state index in [1.165, 1.54) is 11.8 Å². The number of ether oxygens (including phenoxy) is 5. The van der Waals surface area contributed by atoms with Gasteiger partial charge in [-0.15, -0.1) is 0 Å². The summed E-state index contributed by atoms with van der Waals surface area (Å²) in [5.74, 6) is -0.473. The third kappa shape index (κ3) is 10.9. The maximum atomic E-state index is 13.6. The Hall–Kier alpha value is -4.24. The monoisotopic (exact) mass is 648 g/mol. The summed E-state index contributed by atoms with van der Waals surface area (Å²) in [6.07, 6.45) is -2.29. The van der Waals surface area contributed by atoms with Gasteiger partial charge in [0.05, 0.1) is 32.0 Å². The largest absolute Gasteiger partial charge is 0.453 e. The molecule has 0 fully saturated rings. The van der Waals surface area contributed by atoms with E-state index in [2.05, 4.69) is 0 Å². The molecule has 0 bridgehead atoms. The van der Waals surface area contributed by atoms with Crippen molar-refractivity contribution in [2.75, 3.05) is 13.7 Å². The summed E-state index contributed by atoms with van der Waals surface area (Å²) in [7, 11) is 1.66. The number of hydrogen-bond donors (Lipinski definition) is 0. The number of esters is 1. The van der Waals surface area contributed by atoms with E-state index in [1.807, 2.05) is 140 Å². The molecule has 5 rings (SSSR count). The van der Waals surface area contributed by atoms with Crippen molar-refractivity contribution in [3.05, 3.63) is 174 Å². The van der Waals surface area contributed by atoms with Crippen LogP contribution in [0.15, 0.2) is 157 Å². The Labute approximate surface area is 281 Å². The predicted molar refractivity (Wildman–Crippen MR) is 185 cm³/mol. The first kappa shape index (κ1) is 34.1. The van der Waals surface area contributed by atoms with Crippen LogP contribution in [-0.4, -0.2) is 43.4 Å². The van der Waals surface area contributed by atoms with Crippen LogP contribution in [-0.2, 0) is 43.5 Å². The van der Waals surface area contributed by atoms with Crippen LogP contribution in [0.1, 0.15) is 27.0 Å². The topological polar surface area (TPSA) is 63.2 Å². The fraction of sp³-hybridized carbons (Fsp3) is 0.225. The molecule has 0 amide bonds. The van der Waals surface area contributed by atoms with Crippen LogP contribution < -0.4 is 0 Å². The summed E-state index contributed by atoms with van der Waals surface area (Å²) in [6, 6.07) is 48.7. The highest BCUT2D eigenvalue weighted by Gasteiger charge is 2.40. The van der Waals surface area contributed by atoms with Crippen molar-refractivity contribution in [2.45, 2.75) is 48.5 Å². The first-order valence-electron chi connectivity index (χ1n) is 15.6. The lowest BCUT2D eigenvalue weighted by atomic mass is 10.1. The molecule has 47 heavy (non-hydrogen) atoms. The van der Waals surface area contributed by atoms with Gasteiger partial charge in [-0.3, -0.25) is 0 Å². The molecule has 6 nitrogen and oxygen atoms in total. The number of rotatable bonds is 18. The highest BCUT2D eigenvalue weighted by molar-refractivity contribution is 7.99. The van der Waals surface area contributed by atoms with E-state index in [9.17, 15) is 4.79 Å². The quantitative estimate of drug-likeness (QED) is 0.0538. The van der Waals surface area contributed by atoms with Gasteiger partial charge < -0.3 is 23.7 Å². The number of methoxy groups -OCH3 is 1. The second-order valence-corrected chi connectivity index (χ2v) is 12.0. The molecular formula is C40H40O6S. The molecule has 0 radical (unpaired) electrons. The Morgan fingerprint density at radius 1 is 0.574 bits per heavy atom. The fourth-order valence-corrected chi connectivity index (χ4v) is 6.05. The zero-order chi connectivity index (χ0) is 32.5. The van der Waals surface area contributed by atoms with Gasteiger partial charge >= 0.3 is 5.97 Å². The van der Waals surface area contributed by atoms with Crippen LogP contribution in [0.4, 0.5) is 0 Å². The summed E-state index contributed by atoms with van der Waals surface area (Å²) >= 11 is 1.53. The van der Waals surface area contributed by atoms with Gasteiger partial charge in [0.1, 0.15) is 17.6 Å². The highest BCUT2D eigenvalue weighted by Crippen LogP contribution is 2.32. The molecule has 0 aromatic heterocycles. The molecular weight excluding hydrogens is 609 g/mol. The molecule has 0 aliphatic heterocycles. The summed E-state index contributed by atoms with van der Waals surface area (Å²) in [4.78, 5) is 14.6. The Kier molecular flexibility index (Phi) is 13.6.